The zero-order valence-electron chi connectivity index (χ0n) is 15.4. The lowest BCUT2D eigenvalue weighted by Crippen LogP contribution is -2.30. The highest BCUT2D eigenvalue weighted by molar-refractivity contribution is 5.94. The zero-order valence-corrected chi connectivity index (χ0v) is 15.4. The SMILES string of the molecule is CCCc1ccc(OC(C)C(=O)Nc2ccc(OC(C)C)cc2)cc1. The van der Waals surface area contributed by atoms with E-state index in [1.54, 1.807) is 6.92 Å². The molecule has 0 heterocycles. The van der Waals surface area contributed by atoms with Crippen molar-refractivity contribution in [3.8, 4) is 11.5 Å². The van der Waals surface area contributed by atoms with Crippen molar-refractivity contribution in [3.63, 3.8) is 0 Å². The summed E-state index contributed by atoms with van der Waals surface area (Å²) >= 11 is 0. The maximum Gasteiger partial charge on any atom is 0.265 e. The van der Waals surface area contributed by atoms with Gasteiger partial charge in [0, 0.05) is 5.69 Å². The number of nitrogens with one attached hydrogen (secondary N) is 1. The molecule has 25 heavy (non-hydrogen) atoms. The molecule has 0 bridgehead atoms. The van der Waals surface area contributed by atoms with Crippen LogP contribution in [0.3, 0.4) is 0 Å². The third-order valence-corrected chi connectivity index (χ3v) is 3.64. The van der Waals surface area contributed by atoms with Crippen LogP contribution in [0.2, 0.25) is 0 Å². The average molecular weight is 341 g/mol. The molecule has 4 heteroatoms. The number of carbonyl (C=O) groups is 1. The molecule has 1 atom stereocenters. The second kappa shape index (κ2) is 9.11. The van der Waals surface area contributed by atoms with Gasteiger partial charge >= 0.3 is 0 Å². The molecule has 0 aliphatic carbocycles. The molecule has 2 aromatic carbocycles. The highest BCUT2D eigenvalue weighted by atomic mass is 16.5. The second-order valence-corrected chi connectivity index (χ2v) is 6.33. The fraction of sp³-hybridized carbons (Fsp3) is 0.381. The van der Waals surface area contributed by atoms with Gasteiger partial charge in [-0.25, -0.2) is 0 Å². The Morgan fingerprint density at radius 2 is 1.48 bits per heavy atom. The number of hydrogen-bond acceptors (Lipinski definition) is 3. The van der Waals surface area contributed by atoms with Crippen LogP contribution in [-0.4, -0.2) is 18.1 Å². The quantitative estimate of drug-likeness (QED) is 0.748. The summed E-state index contributed by atoms with van der Waals surface area (Å²) in [5, 5.41) is 2.85. The summed E-state index contributed by atoms with van der Waals surface area (Å²) in [6.07, 6.45) is 1.70. The molecule has 0 aromatic heterocycles. The molecule has 2 rings (SSSR count). The molecule has 1 amide bonds. The first-order valence-corrected chi connectivity index (χ1v) is 8.81. The Kier molecular flexibility index (Phi) is 6.87. The summed E-state index contributed by atoms with van der Waals surface area (Å²) in [4.78, 5) is 12.3. The number of carbonyl (C=O) groups excluding carboxylic acids is 1. The van der Waals surface area contributed by atoms with Crippen molar-refractivity contribution >= 4 is 11.6 Å². The summed E-state index contributed by atoms with van der Waals surface area (Å²) in [5.74, 6) is 1.29. The molecule has 1 N–H and O–H groups in total. The van der Waals surface area contributed by atoms with E-state index in [9.17, 15) is 4.79 Å². The maximum atomic E-state index is 12.3. The van der Waals surface area contributed by atoms with Gasteiger partial charge in [0.1, 0.15) is 11.5 Å². The number of benzene rings is 2. The lowest BCUT2D eigenvalue weighted by molar-refractivity contribution is -0.122. The standard InChI is InChI=1S/C21H27NO3/c1-5-6-17-7-11-20(12-8-17)25-16(4)21(23)22-18-9-13-19(14-10-18)24-15(2)3/h7-16H,5-6H2,1-4H3,(H,22,23). The largest absolute Gasteiger partial charge is 0.491 e. The number of ether oxygens (including phenoxy) is 2. The predicted octanol–water partition coefficient (Wildman–Crippen LogP) is 4.83. The lowest BCUT2D eigenvalue weighted by atomic mass is 10.1. The number of hydrogen-bond donors (Lipinski definition) is 1. The minimum atomic E-state index is -0.580. The van der Waals surface area contributed by atoms with E-state index in [4.69, 9.17) is 9.47 Å². The van der Waals surface area contributed by atoms with Crippen LogP contribution in [0.1, 0.15) is 39.7 Å². The number of anilines is 1. The van der Waals surface area contributed by atoms with E-state index in [2.05, 4.69) is 12.2 Å². The summed E-state index contributed by atoms with van der Waals surface area (Å²) < 4.78 is 11.3. The Bertz CT molecular complexity index is 663. The van der Waals surface area contributed by atoms with Crippen molar-refractivity contribution in [2.24, 2.45) is 0 Å². The van der Waals surface area contributed by atoms with Gasteiger partial charge in [-0.15, -0.1) is 0 Å². The van der Waals surface area contributed by atoms with Crippen molar-refractivity contribution in [3.05, 3.63) is 54.1 Å². The van der Waals surface area contributed by atoms with E-state index >= 15 is 0 Å². The molecule has 0 saturated heterocycles. The fourth-order valence-electron chi connectivity index (χ4n) is 2.41. The predicted molar refractivity (Wildman–Crippen MR) is 101 cm³/mol. The van der Waals surface area contributed by atoms with Crippen LogP contribution in [0.15, 0.2) is 48.5 Å². The molecule has 0 saturated carbocycles. The number of rotatable bonds is 8. The van der Waals surface area contributed by atoms with E-state index in [1.807, 2.05) is 62.4 Å². The molecule has 0 fully saturated rings. The Labute approximate surface area is 150 Å². The molecular formula is C21H27NO3. The van der Waals surface area contributed by atoms with E-state index in [1.165, 1.54) is 5.56 Å². The van der Waals surface area contributed by atoms with Gasteiger partial charge in [-0.3, -0.25) is 4.79 Å². The van der Waals surface area contributed by atoms with E-state index in [0.29, 0.717) is 5.75 Å². The van der Waals surface area contributed by atoms with Crippen LogP contribution in [0.4, 0.5) is 5.69 Å². The molecule has 2 aromatic rings. The first kappa shape index (κ1) is 18.8. The van der Waals surface area contributed by atoms with Crippen LogP contribution in [-0.2, 0) is 11.2 Å². The van der Waals surface area contributed by atoms with Gasteiger partial charge in [0.05, 0.1) is 6.10 Å². The van der Waals surface area contributed by atoms with Crippen molar-refractivity contribution < 1.29 is 14.3 Å². The van der Waals surface area contributed by atoms with Crippen molar-refractivity contribution in [2.75, 3.05) is 5.32 Å². The van der Waals surface area contributed by atoms with Gasteiger partial charge < -0.3 is 14.8 Å². The minimum Gasteiger partial charge on any atom is -0.491 e. The van der Waals surface area contributed by atoms with Gasteiger partial charge in [0.2, 0.25) is 0 Å². The van der Waals surface area contributed by atoms with Crippen molar-refractivity contribution in [1.29, 1.82) is 0 Å². The normalized spacial score (nSPS) is 11.9. The van der Waals surface area contributed by atoms with Gasteiger partial charge in [-0.1, -0.05) is 25.5 Å². The van der Waals surface area contributed by atoms with Crippen LogP contribution in [0.25, 0.3) is 0 Å². The van der Waals surface area contributed by atoms with Gasteiger partial charge in [0.25, 0.3) is 5.91 Å². The summed E-state index contributed by atoms with van der Waals surface area (Å²) in [5.41, 5.74) is 1.99. The van der Waals surface area contributed by atoms with Gasteiger partial charge in [-0.05, 0) is 69.2 Å². The van der Waals surface area contributed by atoms with E-state index in [-0.39, 0.29) is 12.0 Å². The van der Waals surface area contributed by atoms with Crippen LogP contribution in [0, 0.1) is 0 Å². The highest BCUT2D eigenvalue weighted by Gasteiger charge is 2.15. The average Bonchev–Trinajstić information content (AvgIpc) is 2.58. The molecule has 0 aliphatic rings. The molecule has 0 spiro atoms. The van der Waals surface area contributed by atoms with Crippen LogP contribution in [0.5, 0.6) is 11.5 Å². The molecule has 0 aliphatic heterocycles. The fourth-order valence-corrected chi connectivity index (χ4v) is 2.41. The Balaban J connectivity index is 1.89. The smallest absolute Gasteiger partial charge is 0.265 e. The molecule has 4 nitrogen and oxygen atoms in total. The highest BCUT2D eigenvalue weighted by Crippen LogP contribution is 2.18. The molecule has 0 radical (unpaired) electrons. The van der Waals surface area contributed by atoms with E-state index < -0.39 is 6.10 Å². The third kappa shape index (κ3) is 6.14. The zero-order chi connectivity index (χ0) is 18.2. The summed E-state index contributed by atoms with van der Waals surface area (Å²) in [6.45, 7) is 7.84. The number of amides is 1. The lowest BCUT2D eigenvalue weighted by Gasteiger charge is -2.15. The molecule has 134 valence electrons. The topological polar surface area (TPSA) is 47.6 Å². The third-order valence-electron chi connectivity index (χ3n) is 3.64. The molecule has 1 unspecified atom stereocenters. The first-order valence-electron chi connectivity index (χ1n) is 8.81. The van der Waals surface area contributed by atoms with Crippen molar-refractivity contribution in [1.82, 2.24) is 0 Å². The van der Waals surface area contributed by atoms with E-state index in [0.717, 1.165) is 24.3 Å². The van der Waals surface area contributed by atoms with Crippen LogP contribution < -0.4 is 14.8 Å². The Morgan fingerprint density at radius 1 is 0.920 bits per heavy atom. The summed E-state index contributed by atoms with van der Waals surface area (Å²) in [7, 11) is 0. The Hall–Kier alpha value is -2.49. The minimum absolute atomic E-state index is 0.123. The van der Waals surface area contributed by atoms with Crippen molar-refractivity contribution in [2.45, 2.75) is 52.7 Å². The number of aryl methyl sites for hydroxylation is 1. The van der Waals surface area contributed by atoms with Crippen LogP contribution >= 0.6 is 0 Å². The molecular weight excluding hydrogens is 314 g/mol. The monoisotopic (exact) mass is 341 g/mol. The second-order valence-electron chi connectivity index (χ2n) is 6.33. The maximum absolute atomic E-state index is 12.3. The first-order chi connectivity index (χ1) is 12.0. The van der Waals surface area contributed by atoms with Gasteiger partial charge in [0.15, 0.2) is 6.10 Å². The summed E-state index contributed by atoms with van der Waals surface area (Å²) in [6, 6.07) is 15.2. The van der Waals surface area contributed by atoms with Gasteiger partial charge in [-0.2, -0.15) is 0 Å². The Morgan fingerprint density at radius 3 is 2.04 bits per heavy atom.